The molecule has 0 unspecified atom stereocenters. The van der Waals surface area contributed by atoms with Crippen LogP contribution in [0.25, 0.3) is 0 Å². The highest BCUT2D eigenvalue weighted by Crippen LogP contribution is 2.16. The smallest absolute Gasteiger partial charge is 0.315 e. The summed E-state index contributed by atoms with van der Waals surface area (Å²) < 4.78 is 4.74. The molecular formula is C18H24N2O4. The summed E-state index contributed by atoms with van der Waals surface area (Å²) in [4.78, 5) is 37.6. The van der Waals surface area contributed by atoms with Gasteiger partial charge in [-0.1, -0.05) is 18.9 Å². The zero-order chi connectivity index (χ0) is 17.4. The van der Waals surface area contributed by atoms with Gasteiger partial charge in [-0.15, -0.1) is 0 Å². The monoisotopic (exact) mass is 332 g/mol. The molecule has 0 bridgehead atoms. The third-order valence-corrected chi connectivity index (χ3v) is 3.90. The SMILES string of the molecule is CCOC(=O)CC(=O)Nc1cccc(C(=O)N2CCCCCC2)c1. The van der Waals surface area contributed by atoms with Crippen LogP contribution in [-0.4, -0.2) is 42.4 Å². The molecule has 2 rings (SSSR count). The maximum Gasteiger partial charge on any atom is 0.315 e. The molecule has 1 aliphatic rings. The summed E-state index contributed by atoms with van der Waals surface area (Å²) in [7, 11) is 0. The molecule has 0 aromatic heterocycles. The fourth-order valence-corrected chi connectivity index (χ4v) is 2.73. The van der Waals surface area contributed by atoms with E-state index in [1.807, 2.05) is 4.90 Å². The van der Waals surface area contributed by atoms with Gasteiger partial charge in [0.15, 0.2) is 0 Å². The van der Waals surface area contributed by atoms with Crippen molar-refractivity contribution in [1.29, 1.82) is 0 Å². The Morgan fingerprint density at radius 3 is 2.50 bits per heavy atom. The van der Waals surface area contributed by atoms with Crippen LogP contribution in [0.2, 0.25) is 0 Å². The second-order valence-corrected chi connectivity index (χ2v) is 5.82. The first kappa shape index (κ1) is 18.0. The van der Waals surface area contributed by atoms with Crippen LogP contribution in [0.4, 0.5) is 5.69 Å². The molecule has 130 valence electrons. The molecule has 0 atom stereocenters. The average molecular weight is 332 g/mol. The quantitative estimate of drug-likeness (QED) is 0.664. The molecule has 2 amide bonds. The number of hydrogen-bond donors (Lipinski definition) is 1. The number of carbonyl (C=O) groups is 3. The Morgan fingerprint density at radius 2 is 1.83 bits per heavy atom. The molecule has 6 nitrogen and oxygen atoms in total. The molecule has 0 spiro atoms. The molecule has 1 heterocycles. The third-order valence-electron chi connectivity index (χ3n) is 3.90. The summed E-state index contributed by atoms with van der Waals surface area (Å²) in [5, 5.41) is 2.63. The summed E-state index contributed by atoms with van der Waals surface area (Å²) >= 11 is 0. The number of anilines is 1. The number of likely N-dealkylation sites (tertiary alicyclic amines) is 1. The molecule has 24 heavy (non-hydrogen) atoms. The lowest BCUT2D eigenvalue weighted by atomic mass is 10.1. The van der Waals surface area contributed by atoms with Gasteiger partial charge in [-0.05, 0) is 38.0 Å². The summed E-state index contributed by atoms with van der Waals surface area (Å²) in [5.74, 6) is -1.03. The van der Waals surface area contributed by atoms with Gasteiger partial charge in [0.2, 0.25) is 5.91 Å². The average Bonchev–Trinajstić information content (AvgIpc) is 2.83. The molecule has 0 saturated carbocycles. The van der Waals surface area contributed by atoms with E-state index in [0.29, 0.717) is 11.3 Å². The van der Waals surface area contributed by atoms with Crippen molar-refractivity contribution < 1.29 is 19.1 Å². The van der Waals surface area contributed by atoms with Crippen molar-refractivity contribution in [3.8, 4) is 0 Å². The molecular weight excluding hydrogens is 308 g/mol. The predicted octanol–water partition coefficient (Wildman–Crippen LogP) is 2.59. The highest BCUT2D eigenvalue weighted by molar-refractivity contribution is 6.02. The zero-order valence-electron chi connectivity index (χ0n) is 14.0. The minimum atomic E-state index is -0.563. The van der Waals surface area contributed by atoms with E-state index in [2.05, 4.69) is 5.32 Å². The van der Waals surface area contributed by atoms with E-state index < -0.39 is 11.9 Å². The van der Waals surface area contributed by atoms with E-state index in [1.165, 1.54) is 0 Å². The van der Waals surface area contributed by atoms with E-state index in [-0.39, 0.29) is 18.9 Å². The van der Waals surface area contributed by atoms with Crippen LogP contribution in [0.3, 0.4) is 0 Å². The standard InChI is InChI=1S/C18H24N2O4/c1-2-24-17(22)13-16(21)19-15-9-7-8-14(12-15)18(23)20-10-5-3-4-6-11-20/h7-9,12H,2-6,10-11,13H2,1H3,(H,19,21). The van der Waals surface area contributed by atoms with Crippen molar-refractivity contribution in [2.45, 2.75) is 39.0 Å². The van der Waals surface area contributed by atoms with Gasteiger partial charge in [-0.3, -0.25) is 14.4 Å². The fraction of sp³-hybridized carbons (Fsp3) is 0.500. The predicted molar refractivity (Wildman–Crippen MR) is 90.7 cm³/mol. The first-order valence-corrected chi connectivity index (χ1v) is 8.45. The molecule has 6 heteroatoms. The molecule has 1 N–H and O–H groups in total. The molecule has 1 saturated heterocycles. The van der Waals surface area contributed by atoms with Gasteiger partial charge in [0, 0.05) is 24.3 Å². The van der Waals surface area contributed by atoms with Crippen LogP contribution in [0.5, 0.6) is 0 Å². The molecule has 1 aliphatic heterocycles. The van der Waals surface area contributed by atoms with Gasteiger partial charge in [0.25, 0.3) is 5.91 Å². The Morgan fingerprint density at radius 1 is 1.12 bits per heavy atom. The molecule has 1 aromatic carbocycles. The Balaban J connectivity index is 1.98. The van der Waals surface area contributed by atoms with Crippen LogP contribution in [0.15, 0.2) is 24.3 Å². The lowest BCUT2D eigenvalue weighted by Crippen LogP contribution is -2.31. The van der Waals surface area contributed by atoms with Crippen LogP contribution in [0, 0.1) is 0 Å². The normalized spacial score (nSPS) is 14.6. The number of ether oxygens (including phenoxy) is 1. The van der Waals surface area contributed by atoms with Crippen LogP contribution < -0.4 is 5.32 Å². The van der Waals surface area contributed by atoms with Crippen molar-refractivity contribution in [2.24, 2.45) is 0 Å². The third kappa shape index (κ3) is 5.37. The van der Waals surface area contributed by atoms with E-state index in [0.717, 1.165) is 38.8 Å². The maximum atomic E-state index is 12.6. The highest BCUT2D eigenvalue weighted by atomic mass is 16.5. The molecule has 0 aliphatic carbocycles. The topological polar surface area (TPSA) is 75.7 Å². The molecule has 1 aromatic rings. The van der Waals surface area contributed by atoms with Crippen LogP contribution >= 0.6 is 0 Å². The van der Waals surface area contributed by atoms with E-state index >= 15 is 0 Å². The van der Waals surface area contributed by atoms with Crippen molar-refractivity contribution in [3.05, 3.63) is 29.8 Å². The Hall–Kier alpha value is -2.37. The lowest BCUT2D eigenvalue weighted by Gasteiger charge is -2.20. The second-order valence-electron chi connectivity index (χ2n) is 5.82. The summed E-state index contributed by atoms with van der Waals surface area (Å²) in [6.07, 6.45) is 4.04. The van der Waals surface area contributed by atoms with Gasteiger partial charge < -0.3 is 15.0 Å². The van der Waals surface area contributed by atoms with E-state index in [4.69, 9.17) is 4.74 Å². The number of nitrogens with one attached hydrogen (secondary N) is 1. The maximum absolute atomic E-state index is 12.6. The second kappa shape index (κ2) is 9.05. The first-order valence-electron chi connectivity index (χ1n) is 8.45. The Kier molecular flexibility index (Phi) is 6.78. The minimum absolute atomic E-state index is 0.0154. The van der Waals surface area contributed by atoms with Crippen molar-refractivity contribution in [3.63, 3.8) is 0 Å². The van der Waals surface area contributed by atoms with Gasteiger partial charge in [0.1, 0.15) is 6.42 Å². The van der Waals surface area contributed by atoms with Gasteiger partial charge in [-0.25, -0.2) is 0 Å². The van der Waals surface area contributed by atoms with Gasteiger partial charge >= 0.3 is 5.97 Å². The number of nitrogens with zero attached hydrogens (tertiary/aromatic N) is 1. The van der Waals surface area contributed by atoms with E-state index in [9.17, 15) is 14.4 Å². The van der Waals surface area contributed by atoms with E-state index in [1.54, 1.807) is 31.2 Å². The lowest BCUT2D eigenvalue weighted by molar-refractivity contribution is -0.145. The highest BCUT2D eigenvalue weighted by Gasteiger charge is 2.18. The summed E-state index contributed by atoms with van der Waals surface area (Å²) in [6, 6.07) is 6.82. The number of amides is 2. The summed E-state index contributed by atoms with van der Waals surface area (Å²) in [6.45, 7) is 3.48. The largest absolute Gasteiger partial charge is 0.466 e. The van der Waals surface area contributed by atoms with Crippen molar-refractivity contribution in [1.82, 2.24) is 4.90 Å². The van der Waals surface area contributed by atoms with Crippen LogP contribution in [-0.2, 0) is 14.3 Å². The number of hydrogen-bond acceptors (Lipinski definition) is 4. The number of rotatable bonds is 5. The fourth-order valence-electron chi connectivity index (χ4n) is 2.73. The Labute approximate surface area is 142 Å². The zero-order valence-corrected chi connectivity index (χ0v) is 14.0. The Bertz CT molecular complexity index is 592. The summed E-state index contributed by atoms with van der Waals surface area (Å²) in [5.41, 5.74) is 1.05. The number of benzene rings is 1. The van der Waals surface area contributed by atoms with Gasteiger partial charge in [-0.2, -0.15) is 0 Å². The first-order chi connectivity index (χ1) is 11.6. The minimum Gasteiger partial charge on any atom is -0.466 e. The number of carbonyl (C=O) groups excluding carboxylic acids is 3. The van der Waals surface area contributed by atoms with Gasteiger partial charge in [0.05, 0.1) is 6.61 Å². The number of esters is 1. The molecule has 0 radical (unpaired) electrons. The van der Waals surface area contributed by atoms with Crippen molar-refractivity contribution >= 4 is 23.5 Å². The van der Waals surface area contributed by atoms with Crippen molar-refractivity contribution in [2.75, 3.05) is 25.0 Å². The van der Waals surface area contributed by atoms with Crippen LogP contribution in [0.1, 0.15) is 49.4 Å². The molecule has 1 fully saturated rings.